The molecule has 19 heavy (non-hydrogen) atoms. The van der Waals surface area contributed by atoms with Gasteiger partial charge < -0.3 is 10.6 Å². The molecule has 1 amide bonds. The number of amides is 1. The van der Waals surface area contributed by atoms with E-state index in [4.69, 9.17) is 5.73 Å². The minimum Gasteiger partial charge on any atom is -0.340 e. The van der Waals surface area contributed by atoms with Crippen molar-refractivity contribution in [3.63, 3.8) is 0 Å². The Labute approximate surface area is 115 Å². The van der Waals surface area contributed by atoms with Crippen LogP contribution in [-0.2, 0) is 4.79 Å². The zero-order valence-electron chi connectivity index (χ0n) is 10.3. The summed E-state index contributed by atoms with van der Waals surface area (Å²) >= 11 is 0. The predicted octanol–water partition coefficient (Wildman–Crippen LogP) is 0.802. The van der Waals surface area contributed by atoms with Crippen molar-refractivity contribution in [3.8, 4) is 0 Å². The second-order valence-electron chi connectivity index (χ2n) is 4.26. The van der Waals surface area contributed by atoms with E-state index in [1.54, 1.807) is 0 Å². The fourth-order valence-electron chi connectivity index (χ4n) is 1.80. The number of alkyl halides is 4. The molecule has 1 fully saturated rings. The third-order valence-corrected chi connectivity index (χ3v) is 2.84. The number of nitrogens with two attached hydrogens (primary N) is 1. The van der Waals surface area contributed by atoms with Gasteiger partial charge in [-0.15, -0.1) is 12.4 Å². The number of hydrogen-bond acceptors (Lipinski definition) is 3. The molecule has 1 aliphatic rings. The highest BCUT2D eigenvalue weighted by Gasteiger charge is 2.42. The maximum absolute atomic E-state index is 12.8. The monoisotopic (exact) mass is 307 g/mol. The molecule has 0 aromatic carbocycles. The van der Waals surface area contributed by atoms with E-state index in [0.29, 0.717) is 0 Å². The fourth-order valence-corrected chi connectivity index (χ4v) is 1.80. The summed E-state index contributed by atoms with van der Waals surface area (Å²) in [6, 6.07) is 0. The van der Waals surface area contributed by atoms with E-state index in [1.807, 2.05) is 0 Å². The first-order chi connectivity index (χ1) is 8.36. The van der Waals surface area contributed by atoms with Crippen molar-refractivity contribution in [2.24, 2.45) is 5.73 Å². The molecule has 1 heterocycles. The Bertz CT molecular complexity index is 286. The molecule has 0 aromatic rings. The van der Waals surface area contributed by atoms with Gasteiger partial charge in [-0.2, -0.15) is 8.78 Å². The van der Waals surface area contributed by atoms with Gasteiger partial charge in [-0.25, -0.2) is 8.78 Å². The van der Waals surface area contributed by atoms with Gasteiger partial charge in [0.2, 0.25) is 5.91 Å². The third-order valence-electron chi connectivity index (χ3n) is 2.84. The number of carbonyl (C=O) groups excluding carboxylic acids is 1. The van der Waals surface area contributed by atoms with Gasteiger partial charge in [-0.3, -0.25) is 9.69 Å². The van der Waals surface area contributed by atoms with Crippen LogP contribution in [0.2, 0.25) is 0 Å². The standard InChI is InChI=1S/C10H17F4N3O.ClH/c11-9(12)10(13,14)7-16-3-5-17(6-4-16)8(18)1-2-15;/h9H,1-7,15H2;1H. The Morgan fingerprint density at radius 3 is 2.16 bits per heavy atom. The molecule has 1 saturated heterocycles. The second-order valence-corrected chi connectivity index (χ2v) is 4.26. The molecule has 114 valence electrons. The number of hydrogen-bond donors (Lipinski definition) is 1. The van der Waals surface area contributed by atoms with Gasteiger partial charge in [0.05, 0.1) is 6.54 Å². The summed E-state index contributed by atoms with van der Waals surface area (Å²) in [6.07, 6.45) is -3.44. The van der Waals surface area contributed by atoms with Crippen LogP contribution in [0, 0.1) is 0 Å². The Hall–Kier alpha value is -0.600. The van der Waals surface area contributed by atoms with Crippen molar-refractivity contribution in [1.29, 1.82) is 0 Å². The number of piperazine rings is 1. The zero-order valence-corrected chi connectivity index (χ0v) is 11.1. The molecular formula is C10H18ClF4N3O. The summed E-state index contributed by atoms with van der Waals surface area (Å²) in [4.78, 5) is 14.2. The van der Waals surface area contributed by atoms with Gasteiger partial charge in [0.25, 0.3) is 0 Å². The molecule has 0 aromatic heterocycles. The number of halogens is 5. The van der Waals surface area contributed by atoms with E-state index in [1.165, 1.54) is 9.80 Å². The molecule has 0 saturated carbocycles. The highest BCUT2D eigenvalue weighted by atomic mass is 35.5. The van der Waals surface area contributed by atoms with Crippen molar-refractivity contribution >= 4 is 18.3 Å². The minimum atomic E-state index is -4.00. The minimum absolute atomic E-state index is 0. The van der Waals surface area contributed by atoms with Gasteiger partial charge >= 0.3 is 12.3 Å². The lowest BCUT2D eigenvalue weighted by Crippen LogP contribution is -2.52. The lowest BCUT2D eigenvalue weighted by Gasteiger charge is -2.36. The number of nitrogens with zero attached hydrogens (tertiary/aromatic N) is 2. The van der Waals surface area contributed by atoms with Crippen LogP contribution < -0.4 is 5.73 Å². The molecule has 0 atom stereocenters. The normalized spacial score (nSPS) is 17.5. The van der Waals surface area contributed by atoms with Crippen molar-refractivity contribution < 1.29 is 22.4 Å². The molecule has 0 spiro atoms. The largest absolute Gasteiger partial charge is 0.340 e. The van der Waals surface area contributed by atoms with Crippen molar-refractivity contribution in [1.82, 2.24) is 9.80 Å². The van der Waals surface area contributed by atoms with Crippen LogP contribution in [0.1, 0.15) is 6.42 Å². The van der Waals surface area contributed by atoms with Crippen LogP contribution in [0.4, 0.5) is 17.6 Å². The molecule has 0 radical (unpaired) electrons. The van der Waals surface area contributed by atoms with Gasteiger partial charge in [-0.05, 0) is 0 Å². The molecule has 9 heteroatoms. The fraction of sp³-hybridized carbons (Fsp3) is 0.900. The molecule has 2 N–H and O–H groups in total. The maximum Gasteiger partial charge on any atom is 0.319 e. The maximum atomic E-state index is 12.8. The van der Waals surface area contributed by atoms with E-state index >= 15 is 0 Å². The predicted molar refractivity (Wildman–Crippen MR) is 64.9 cm³/mol. The Morgan fingerprint density at radius 1 is 1.21 bits per heavy atom. The molecule has 1 rings (SSSR count). The van der Waals surface area contributed by atoms with Crippen LogP contribution in [0.3, 0.4) is 0 Å². The van der Waals surface area contributed by atoms with Crippen molar-refractivity contribution in [2.75, 3.05) is 39.3 Å². The van der Waals surface area contributed by atoms with Crippen molar-refractivity contribution in [3.05, 3.63) is 0 Å². The topological polar surface area (TPSA) is 49.6 Å². The number of carbonyl (C=O) groups is 1. The van der Waals surface area contributed by atoms with Gasteiger partial charge in [0.15, 0.2) is 0 Å². The van der Waals surface area contributed by atoms with Gasteiger partial charge in [0.1, 0.15) is 0 Å². The molecule has 0 unspecified atom stereocenters. The first-order valence-corrected chi connectivity index (χ1v) is 5.73. The summed E-state index contributed by atoms with van der Waals surface area (Å²) in [5, 5.41) is 0. The summed E-state index contributed by atoms with van der Waals surface area (Å²) in [6.45, 7) is 0.180. The van der Waals surface area contributed by atoms with Crippen LogP contribution in [-0.4, -0.2) is 67.3 Å². The highest BCUT2D eigenvalue weighted by molar-refractivity contribution is 5.85. The van der Waals surface area contributed by atoms with Crippen LogP contribution in [0.5, 0.6) is 0 Å². The Morgan fingerprint density at radius 2 is 1.74 bits per heavy atom. The molecule has 1 aliphatic heterocycles. The van der Waals surface area contributed by atoms with E-state index in [2.05, 4.69) is 0 Å². The van der Waals surface area contributed by atoms with E-state index < -0.39 is 18.9 Å². The van der Waals surface area contributed by atoms with Crippen molar-refractivity contribution in [2.45, 2.75) is 18.8 Å². The van der Waals surface area contributed by atoms with Crippen LogP contribution >= 0.6 is 12.4 Å². The molecule has 0 aliphatic carbocycles. The molecule has 0 bridgehead atoms. The smallest absolute Gasteiger partial charge is 0.319 e. The van der Waals surface area contributed by atoms with E-state index in [9.17, 15) is 22.4 Å². The average molecular weight is 308 g/mol. The quantitative estimate of drug-likeness (QED) is 0.765. The lowest BCUT2D eigenvalue weighted by molar-refractivity contribution is -0.148. The highest BCUT2D eigenvalue weighted by Crippen LogP contribution is 2.24. The van der Waals surface area contributed by atoms with Crippen LogP contribution in [0.15, 0.2) is 0 Å². The molecular weight excluding hydrogens is 290 g/mol. The lowest BCUT2D eigenvalue weighted by atomic mass is 10.2. The van der Waals surface area contributed by atoms with Gasteiger partial charge in [-0.1, -0.05) is 0 Å². The van der Waals surface area contributed by atoms with E-state index in [0.717, 1.165) is 0 Å². The first kappa shape index (κ1) is 18.4. The summed E-state index contributed by atoms with van der Waals surface area (Å²) in [5.74, 6) is -4.12. The summed E-state index contributed by atoms with van der Waals surface area (Å²) in [7, 11) is 0. The SMILES string of the molecule is Cl.NCCC(=O)N1CCN(CC(F)(F)C(F)F)CC1. The molecule has 4 nitrogen and oxygen atoms in total. The van der Waals surface area contributed by atoms with E-state index in [-0.39, 0.29) is 57.5 Å². The number of rotatable bonds is 5. The first-order valence-electron chi connectivity index (χ1n) is 5.73. The third kappa shape index (κ3) is 5.50. The Balaban J connectivity index is 0.00000324. The Kier molecular flexibility index (Phi) is 7.61. The summed E-state index contributed by atoms with van der Waals surface area (Å²) in [5.41, 5.74) is 5.24. The second kappa shape index (κ2) is 7.86. The zero-order chi connectivity index (χ0) is 13.8. The van der Waals surface area contributed by atoms with Gasteiger partial charge in [0, 0.05) is 39.1 Å². The van der Waals surface area contributed by atoms with Crippen LogP contribution in [0.25, 0.3) is 0 Å². The average Bonchev–Trinajstić information content (AvgIpc) is 2.29. The summed E-state index contributed by atoms with van der Waals surface area (Å²) < 4.78 is 49.7.